The summed E-state index contributed by atoms with van der Waals surface area (Å²) in [6.07, 6.45) is -0.487. The number of nitrogens with one attached hydrogen (secondary N) is 2. The van der Waals surface area contributed by atoms with Gasteiger partial charge in [-0.1, -0.05) is 12.8 Å². The van der Waals surface area contributed by atoms with Crippen LogP contribution in [0.2, 0.25) is 0 Å². The Morgan fingerprint density at radius 3 is 2.53 bits per heavy atom. The molecule has 1 heterocycles. The maximum Gasteiger partial charge on any atom is 0.392 e. The fourth-order valence-electron chi connectivity index (χ4n) is 3.12. The molecule has 0 aromatic rings. The summed E-state index contributed by atoms with van der Waals surface area (Å²) in [4.78, 5) is 12.0. The Morgan fingerprint density at radius 1 is 1.16 bits per heavy atom. The van der Waals surface area contributed by atoms with Gasteiger partial charge in [0.25, 0.3) is 0 Å². The smallest absolute Gasteiger partial charge is 0.354 e. The molecule has 0 aromatic heterocycles. The highest BCUT2D eigenvalue weighted by Gasteiger charge is 2.47. The monoisotopic (exact) mass is 278 g/mol. The summed E-state index contributed by atoms with van der Waals surface area (Å²) in [6, 6.07) is 0.219. The van der Waals surface area contributed by atoms with Crippen molar-refractivity contribution in [1.82, 2.24) is 10.6 Å². The number of alkyl halides is 3. The van der Waals surface area contributed by atoms with Gasteiger partial charge in [0, 0.05) is 18.5 Å². The van der Waals surface area contributed by atoms with Gasteiger partial charge in [0.2, 0.25) is 5.91 Å². The Hall–Kier alpha value is -0.780. The SMILES string of the molecule is O=C(NCC1CCCN1)C1CCCCC1C(F)(F)F. The number of rotatable bonds is 3. The Balaban J connectivity index is 1.87. The second-order valence-corrected chi connectivity index (χ2v) is 5.58. The van der Waals surface area contributed by atoms with Crippen molar-refractivity contribution in [3.8, 4) is 0 Å². The van der Waals surface area contributed by atoms with Crippen LogP contribution < -0.4 is 10.6 Å². The molecule has 0 radical (unpaired) electrons. The molecule has 2 N–H and O–H groups in total. The number of carbonyl (C=O) groups is 1. The summed E-state index contributed by atoms with van der Waals surface area (Å²) in [6.45, 7) is 1.37. The maximum absolute atomic E-state index is 12.9. The summed E-state index contributed by atoms with van der Waals surface area (Å²) < 4.78 is 38.7. The van der Waals surface area contributed by atoms with E-state index < -0.39 is 23.9 Å². The first-order chi connectivity index (χ1) is 8.98. The van der Waals surface area contributed by atoms with Crippen molar-refractivity contribution in [2.24, 2.45) is 11.8 Å². The average Bonchev–Trinajstić information content (AvgIpc) is 2.88. The van der Waals surface area contributed by atoms with Gasteiger partial charge in [-0.05, 0) is 32.2 Å². The zero-order valence-electron chi connectivity index (χ0n) is 10.9. The predicted molar refractivity (Wildman–Crippen MR) is 65.5 cm³/mol. The van der Waals surface area contributed by atoms with E-state index in [4.69, 9.17) is 0 Å². The van der Waals surface area contributed by atoms with Gasteiger partial charge in [-0.3, -0.25) is 4.79 Å². The molecule has 1 saturated heterocycles. The van der Waals surface area contributed by atoms with Crippen molar-refractivity contribution in [2.75, 3.05) is 13.1 Å². The van der Waals surface area contributed by atoms with Crippen molar-refractivity contribution in [3.05, 3.63) is 0 Å². The van der Waals surface area contributed by atoms with Crippen LogP contribution in [0.5, 0.6) is 0 Å². The lowest BCUT2D eigenvalue weighted by molar-refractivity contribution is -0.198. The second-order valence-electron chi connectivity index (χ2n) is 5.58. The van der Waals surface area contributed by atoms with E-state index >= 15 is 0 Å². The highest BCUT2D eigenvalue weighted by Crippen LogP contribution is 2.41. The number of carbonyl (C=O) groups excluding carboxylic acids is 1. The fourth-order valence-corrected chi connectivity index (χ4v) is 3.12. The first kappa shape index (κ1) is 14.6. The molecule has 2 fully saturated rings. The summed E-state index contributed by atoms with van der Waals surface area (Å²) in [5.74, 6) is -2.77. The summed E-state index contributed by atoms with van der Waals surface area (Å²) in [7, 11) is 0. The highest BCUT2D eigenvalue weighted by atomic mass is 19.4. The van der Waals surface area contributed by atoms with Crippen LogP contribution in [0, 0.1) is 11.8 Å². The van der Waals surface area contributed by atoms with E-state index in [2.05, 4.69) is 10.6 Å². The molecule has 0 aromatic carbocycles. The first-order valence-electron chi connectivity index (χ1n) is 7.06. The normalized spacial score (nSPS) is 32.3. The first-order valence-corrected chi connectivity index (χ1v) is 7.06. The number of hydrogen-bond donors (Lipinski definition) is 2. The lowest BCUT2D eigenvalue weighted by Gasteiger charge is -2.32. The van der Waals surface area contributed by atoms with Crippen LogP contribution in [-0.4, -0.2) is 31.2 Å². The van der Waals surface area contributed by atoms with Gasteiger partial charge in [0.15, 0.2) is 0 Å². The van der Waals surface area contributed by atoms with E-state index in [0.717, 1.165) is 19.4 Å². The van der Waals surface area contributed by atoms with Crippen molar-refractivity contribution in [3.63, 3.8) is 0 Å². The molecule has 1 saturated carbocycles. The van der Waals surface area contributed by atoms with E-state index in [1.807, 2.05) is 0 Å². The predicted octanol–water partition coefficient (Wildman–Crippen LogP) is 2.22. The standard InChI is InChI=1S/C13H21F3N2O/c14-13(15,16)11-6-2-1-5-10(11)12(19)18-8-9-4-3-7-17-9/h9-11,17H,1-8H2,(H,18,19). The van der Waals surface area contributed by atoms with E-state index in [1.165, 1.54) is 0 Å². The van der Waals surface area contributed by atoms with Gasteiger partial charge in [-0.2, -0.15) is 13.2 Å². The average molecular weight is 278 g/mol. The van der Waals surface area contributed by atoms with E-state index in [1.54, 1.807) is 0 Å². The lowest BCUT2D eigenvalue weighted by atomic mass is 9.78. The Bertz CT molecular complexity index is 314. The Morgan fingerprint density at radius 2 is 1.89 bits per heavy atom. The zero-order valence-corrected chi connectivity index (χ0v) is 10.9. The molecule has 3 atom stereocenters. The molecule has 0 spiro atoms. The molecule has 1 aliphatic heterocycles. The van der Waals surface area contributed by atoms with Crippen LogP contribution in [0.1, 0.15) is 38.5 Å². The van der Waals surface area contributed by atoms with Gasteiger partial charge in [-0.15, -0.1) is 0 Å². The molecular weight excluding hydrogens is 257 g/mol. The van der Waals surface area contributed by atoms with Gasteiger partial charge in [0.05, 0.1) is 5.92 Å². The van der Waals surface area contributed by atoms with Gasteiger partial charge in [0.1, 0.15) is 0 Å². The summed E-state index contributed by atoms with van der Waals surface area (Å²) >= 11 is 0. The van der Waals surface area contributed by atoms with Gasteiger partial charge in [-0.25, -0.2) is 0 Å². The van der Waals surface area contributed by atoms with Crippen molar-refractivity contribution < 1.29 is 18.0 Å². The Kier molecular flexibility index (Phi) is 4.71. The van der Waals surface area contributed by atoms with Crippen molar-refractivity contribution >= 4 is 5.91 Å². The molecular formula is C13H21F3N2O. The van der Waals surface area contributed by atoms with E-state index in [0.29, 0.717) is 25.8 Å². The zero-order chi connectivity index (χ0) is 13.9. The molecule has 3 nitrogen and oxygen atoms in total. The third kappa shape index (κ3) is 3.84. The van der Waals surface area contributed by atoms with Crippen LogP contribution in [0.3, 0.4) is 0 Å². The lowest BCUT2D eigenvalue weighted by Crippen LogP contribution is -2.45. The maximum atomic E-state index is 12.9. The minimum absolute atomic E-state index is 0.0866. The van der Waals surface area contributed by atoms with Gasteiger partial charge < -0.3 is 10.6 Å². The Labute approximate surface area is 111 Å². The van der Waals surface area contributed by atoms with Crippen LogP contribution in [0.4, 0.5) is 13.2 Å². The third-order valence-electron chi connectivity index (χ3n) is 4.21. The van der Waals surface area contributed by atoms with Crippen molar-refractivity contribution in [2.45, 2.75) is 50.7 Å². The number of amides is 1. The number of halogens is 3. The number of hydrogen-bond acceptors (Lipinski definition) is 2. The third-order valence-corrected chi connectivity index (χ3v) is 4.21. The van der Waals surface area contributed by atoms with Gasteiger partial charge >= 0.3 is 6.18 Å². The minimum Gasteiger partial charge on any atom is -0.354 e. The fraction of sp³-hybridized carbons (Fsp3) is 0.923. The minimum atomic E-state index is -4.26. The molecule has 2 aliphatic rings. The molecule has 19 heavy (non-hydrogen) atoms. The molecule has 110 valence electrons. The summed E-state index contributed by atoms with van der Waals surface area (Å²) in [5.41, 5.74) is 0. The van der Waals surface area contributed by atoms with E-state index in [-0.39, 0.29) is 12.5 Å². The van der Waals surface area contributed by atoms with Crippen molar-refractivity contribution in [1.29, 1.82) is 0 Å². The molecule has 2 rings (SSSR count). The molecule has 1 aliphatic carbocycles. The topological polar surface area (TPSA) is 41.1 Å². The van der Waals surface area contributed by atoms with Crippen LogP contribution in [0.15, 0.2) is 0 Å². The summed E-state index contributed by atoms with van der Waals surface area (Å²) in [5, 5.41) is 5.91. The van der Waals surface area contributed by atoms with E-state index in [9.17, 15) is 18.0 Å². The van der Waals surface area contributed by atoms with Crippen LogP contribution in [0.25, 0.3) is 0 Å². The highest BCUT2D eigenvalue weighted by molar-refractivity contribution is 5.79. The van der Waals surface area contributed by atoms with Crippen LogP contribution in [-0.2, 0) is 4.79 Å². The van der Waals surface area contributed by atoms with Crippen LogP contribution >= 0.6 is 0 Å². The second kappa shape index (κ2) is 6.11. The molecule has 1 amide bonds. The molecule has 6 heteroatoms. The quantitative estimate of drug-likeness (QED) is 0.831. The largest absolute Gasteiger partial charge is 0.392 e. The molecule has 3 unspecified atom stereocenters. The molecule has 0 bridgehead atoms.